The van der Waals surface area contributed by atoms with Crippen LogP contribution in [-0.4, -0.2) is 16.6 Å². The lowest BCUT2D eigenvalue weighted by molar-refractivity contribution is -0.137. The van der Waals surface area contributed by atoms with Crippen molar-refractivity contribution >= 4 is 23.0 Å². The van der Waals surface area contributed by atoms with Crippen LogP contribution in [0.2, 0.25) is 0 Å². The molecule has 0 saturated carbocycles. The molecule has 3 aromatic rings. The van der Waals surface area contributed by atoms with Crippen LogP contribution in [0.3, 0.4) is 0 Å². The number of hydrogen-bond donors (Lipinski definition) is 2. The molecule has 0 unspecified atom stereocenters. The van der Waals surface area contributed by atoms with E-state index in [4.69, 9.17) is 4.74 Å². The molecule has 0 fully saturated rings. The van der Waals surface area contributed by atoms with Gasteiger partial charge in [0.25, 0.3) is 0 Å². The van der Waals surface area contributed by atoms with E-state index in [1.54, 1.807) is 6.07 Å². The average Bonchev–Trinajstić information content (AvgIpc) is 2.64. The summed E-state index contributed by atoms with van der Waals surface area (Å²) in [6, 6.07) is 13.8. The summed E-state index contributed by atoms with van der Waals surface area (Å²) in [4.78, 5) is 8.22. The van der Waals surface area contributed by atoms with Gasteiger partial charge in [-0.3, -0.25) is 0 Å². The molecule has 0 saturated heterocycles. The van der Waals surface area contributed by atoms with E-state index in [2.05, 4.69) is 20.6 Å². The first-order chi connectivity index (χ1) is 12.9. The van der Waals surface area contributed by atoms with Gasteiger partial charge in [-0.1, -0.05) is 0 Å². The third-order valence-electron chi connectivity index (χ3n) is 3.59. The van der Waals surface area contributed by atoms with E-state index >= 15 is 0 Å². The molecule has 0 amide bonds. The molecule has 0 aliphatic carbocycles. The molecule has 1 heterocycles. The first-order valence-electron chi connectivity index (χ1n) is 8.20. The van der Waals surface area contributed by atoms with E-state index in [1.807, 2.05) is 31.2 Å². The number of ether oxygens (including phenoxy) is 1. The molecule has 0 radical (unpaired) electrons. The van der Waals surface area contributed by atoms with E-state index in [0.717, 1.165) is 23.6 Å². The largest absolute Gasteiger partial charge is 0.494 e. The molecular weight excluding hydrogens is 357 g/mol. The third kappa shape index (κ3) is 5.10. The van der Waals surface area contributed by atoms with Gasteiger partial charge in [0.1, 0.15) is 23.7 Å². The summed E-state index contributed by atoms with van der Waals surface area (Å²) in [5.74, 6) is 1.78. The standard InChI is InChI=1S/C19H17F3N4O/c1-2-27-16-9-7-15(8-10-16)26-18-11-17(23-12-24-18)25-14-5-3-13(4-6-14)19(20,21)22/h3-12H,2H2,1H3,(H2,23,24,25,26). The molecule has 2 aromatic carbocycles. The zero-order valence-electron chi connectivity index (χ0n) is 14.4. The summed E-state index contributed by atoms with van der Waals surface area (Å²) < 4.78 is 43.2. The molecule has 0 bridgehead atoms. The molecule has 5 nitrogen and oxygen atoms in total. The second kappa shape index (κ2) is 7.94. The monoisotopic (exact) mass is 374 g/mol. The quantitative estimate of drug-likeness (QED) is 0.606. The minimum atomic E-state index is -4.36. The lowest BCUT2D eigenvalue weighted by Crippen LogP contribution is -2.04. The van der Waals surface area contributed by atoms with Crippen LogP contribution in [0.5, 0.6) is 5.75 Å². The molecular formula is C19H17F3N4O. The third-order valence-corrected chi connectivity index (χ3v) is 3.59. The normalized spacial score (nSPS) is 11.1. The lowest BCUT2D eigenvalue weighted by atomic mass is 10.2. The highest BCUT2D eigenvalue weighted by Gasteiger charge is 2.29. The topological polar surface area (TPSA) is 59.1 Å². The molecule has 8 heteroatoms. The number of hydrogen-bond acceptors (Lipinski definition) is 5. The number of anilines is 4. The Hall–Kier alpha value is -3.29. The van der Waals surface area contributed by atoms with Gasteiger partial charge < -0.3 is 15.4 Å². The van der Waals surface area contributed by atoms with Gasteiger partial charge >= 0.3 is 6.18 Å². The van der Waals surface area contributed by atoms with Gasteiger partial charge in [-0.2, -0.15) is 13.2 Å². The van der Waals surface area contributed by atoms with Crippen molar-refractivity contribution < 1.29 is 17.9 Å². The first-order valence-corrected chi connectivity index (χ1v) is 8.20. The predicted molar refractivity (Wildman–Crippen MR) is 97.7 cm³/mol. The minimum Gasteiger partial charge on any atom is -0.494 e. The van der Waals surface area contributed by atoms with E-state index in [1.165, 1.54) is 18.5 Å². The van der Waals surface area contributed by atoms with Gasteiger partial charge in [-0.05, 0) is 55.5 Å². The molecule has 0 atom stereocenters. The van der Waals surface area contributed by atoms with Crippen molar-refractivity contribution in [3.8, 4) is 5.75 Å². The zero-order valence-corrected chi connectivity index (χ0v) is 14.4. The van der Waals surface area contributed by atoms with Gasteiger partial charge in [0.2, 0.25) is 0 Å². The van der Waals surface area contributed by atoms with Crippen LogP contribution in [0.1, 0.15) is 12.5 Å². The van der Waals surface area contributed by atoms with Crippen LogP contribution in [0, 0.1) is 0 Å². The Morgan fingerprint density at radius 1 is 0.852 bits per heavy atom. The van der Waals surface area contributed by atoms with Crippen LogP contribution in [0.25, 0.3) is 0 Å². The van der Waals surface area contributed by atoms with Crippen LogP contribution < -0.4 is 15.4 Å². The van der Waals surface area contributed by atoms with Crippen LogP contribution >= 0.6 is 0 Å². The summed E-state index contributed by atoms with van der Waals surface area (Å²) in [6.07, 6.45) is -2.99. The SMILES string of the molecule is CCOc1ccc(Nc2cc(Nc3ccc(C(F)(F)F)cc3)ncn2)cc1. The average molecular weight is 374 g/mol. The Kier molecular flexibility index (Phi) is 5.44. The summed E-state index contributed by atoms with van der Waals surface area (Å²) in [7, 11) is 0. The van der Waals surface area contributed by atoms with Gasteiger partial charge in [0.05, 0.1) is 12.2 Å². The van der Waals surface area contributed by atoms with Crippen molar-refractivity contribution in [1.82, 2.24) is 9.97 Å². The molecule has 3 rings (SSSR count). The summed E-state index contributed by atoms with van der Waals surface area (Å²) >= 11 is 0. The van der Waals surface area contributed by atoms with Crippen LogP contribution in [-0.2, 0) is 6.18 Å². The van der Waals surface area contributed by atoms with Crippen LogP contribution in [0.15, 0.2) is 60.9 Å². The highest BCUT2D eigenvalue weighted by atomic mass is 19.4. The maximum atomic E-state index is 12.6. The fourth-order valence-corrected chi connectivity index (χ4v) is 2.33. The molecule has 0 spiro atoms. The smallest absolute Gasteiger partial charge is 0.416 e. The minimum absolute atomic E-state index is 0.457. The first kappa shape index (κ1) is 18.5. The van der Waals surface area contributed by atoms with E-state index in [-0.39, 0.29) is 0 Å². The summed E-state index contributed by atoms with van der Waals surface area (Å²) in [6.45, 7) is 2.51. The summed E-state index contributed by atoms with van der Waals surface area (Å²) in [5.41, 5.74) is 0.611. The number of aromatic nitrogens is 2. The Bertz CT molecular complexity index is 881. The zero-order chi connectivity index (χ0) is 19.3. The fraction of sp³-hybridized carbons (Fsp3) is 0.158. The maximum absolute atomic E-state index is 12.6. The van der Waals surface area contributed by atoms with Gasteiger partial charge in [-0.15, -0.1) is 0 Å². The van der Waals surface area contributed by atoms with E-state index < -0.39 is 11.7 Å². The number of benzene rings is 2. The van der Waals surface area contributed by atoms with E-state index in [9.17, 15) is 13.2 Å². The number of nitrogens with one attached hydrogen (secondary N) is 2. The number of rotatable bonds is 6. The molecule has 2 N–H and O–H groups in total. The Morgan fingerprint density at radius 2 is 1.37 bits per heavy atom. The van der Waals surface area contributed by atoms with Crippen molar-refractivity contribution in [1.29, 1.82) is 0 Å². The van der Waals surface area contributed by atoms with Gasteiger partial charge in [-0.25, -0.2) is 9.97 Å². The fourth-order valence-electron chi connectivity index (χ4n) is 2.33. The van der Waals surface area contributed by atoms with Crippen molar-refractivity contribution in [3.05, 3.63) is 66.5 Å². The summed E-state index contributed by atoms with van der Waals surface area (Å²) in [5, 5.41) is 6.09. The van der Waals surface area contributed by atoms with Crippen molar-refractivity contribution in [2.75, 3.05) is 17.2 Å². The predicted octanol–water partition coefficient (Wildman–Crippen LogP) is 5.38. The number of alkyl halides is 3. The maximum Gasteiger partial charge on any atom is 0.416 e. The van der Waals surface area contributed by atoms with Gasteiger partial charge in [0.15, 0.2) is 0 Å². The van der Waals surface area contributed by atoms with Crippen molar-refractivity contribution in [3.63, 3.8) is 0 Å². The molecule has 1 aromatic heterocycles. The number of halogens is 3. The Morgan fingerprint density at radius 3 is 1.85 bits per heavy atom. The number of nitrogens with zero attached hydrogens (tertiary/aromatic N) is 2. The Labute approximate surface area is 154 Å². The highest BCUT2D eigenvalue weighted by Crippen LogP contribution is 2.30. The van der Waals surface area contributed by atoms with Crippen LogP contribution in [0.4, 0.5) is 36.2 Å². The molecule has 27 heavy (non-hydrogen) atoms. The second-order valence-electron chi connectivity index (χ2n) is 5.57. The Balaban J connectivity index is 1.68. The lowest BCUT2D eigenvalue weighted by Gasteiger charge is -2.11. The molecule has 0 aliphatic rings. The second-order valence-corrected chi connectivity index (χ2v) is 5.57. The molecule has 140 valence electrons. The van der Waals surface area contributed by atoms with Crippen molar-refractivity contribution in [2.24, 2.45) is 0 Å². The van der Waals surface area contributed by atoms with Gasteiger partial charge in [0, 0.05) is 17.4 Å². The van der Waals surface area contributed by atoms with Crippen molar-refractivity contribution in [2.45, 2.75) is 13.1 Å². The highest BCUT2D eigenvalue weighted by molar-refractivity contribution is 5.63. The molecule has 0 aliphatic heterocycles. The van der Waals surface area contributed by atoms with E-state index in [0.29, 0.717) is 23.9 Å².